The van der Waals surface area contributed by atoms with Crippen LogP contribution in [0.25, 0.3) is 11.1 Å². The van der Waals surface area contributed by atoms with Crippen LogP contribution >= 0.6 is 11.8 Å². The van der Waals surface area contributed by atoms with E-state index < -0.39 is 25.3 Å². The van der Waals surface area contributed by atoms with Gasteiger partial charge in [0, 0.05) is 42.0 Å². The number of thioether (sulfide) groups is 1. The highest BCUT2D eigenvalue weighted by atomic mass is 32.2. The average molecular weight is 543 g/mol. The molecule has 0 unspecified atom stereocenters. The Morgan fingerprint density at radius 2 is 1.72 bits per heavy atom. The molecule has 0 spiro atoms. The largest absolute Gasteiger partial charge is 0.497 e. The third-order valence-electron chi connectivity index (χ3n) is 6.25. The summed E-state index contributed by atoms with van der Waals surface area (Å²) in [5.41, 5.74) is 2.65. The standard InChI is InChI=1S/C24H22N4O5S3/c1-33-19-6-8-20(9-7-19)35(29,30)27-15-21(16-27)36(31,32)28-10-11-34-24-22(13-26-14-23(24)28)18-4-2-17(12-25)3-5-18/h2-9,13-14,21H,10-11,15-16H2,1H3. The number of nitrogens with zero attached hydrogens (tertiary/aromatic N) is 4. The van der Waals surface area contributed by atoms with Gasteiger partial charge in [-0.2, -0.15) is 9.57 Å². The minimum atomic E-state index is -3.82. The fourth-order valence-electron chi connectivity index (χ4n) is 4.17. The van der Waals surface area contributed by atoms with Crippen molar-refractivity contribution in [1.29, 1.82) is 5.26 Å². The number of benzene rings is 2. The Bertz CT molecular complexity index is 1540. The molecule has 1 fully saturated rings. The van der Waals surface area contributed by atoms with Crippen molar-refractivity contribution in [3.05, 3.63) is 66.5 Å². The van der Waals surface area contributed by atoms with Gasteiger partial charge in [-0.3, -0.25) is 9.29 Å². The van der Waals surface area contributed by atoms with Crippen molar-refractivity contribution in [1.82, 2.24) is 9.29 Å². The molecular formula is C24H22N4O5S3. The quantitative estimate of drug-likeness (QED) is 0.466. The molecule has 1 saturated heterocycles. The summed E-state index contributed by atoms with van der Waals surface area (Å²) in [7, 11) is -6.13. The molecule has 3 heterocycles. The van der Waals surface area contributed by atoms with E-state index in [-0.39, 0.29) is 24.5 Å². The lowest BCUT2D eigenvalue weighted by Gasteiger charge is -2.41. The molecule has 0 saturated carbocycles. The molecule has 2 aromatic carbocycles. The number of rotatable bonds is 6. The van der Waals surface area contributed by atoms with E-state index in [1.54, 1.807) is 42.2 Å². The van der Waals surface area contributed by atoms with E-state index >= 15 is 0 Å². The number of hydrogen-bond donors (Lipinski definition) is 0. The van der Waals surface area contributed by atoms with Crippen LogP contribution in [0.5, 0.6) is 5.75 Å². The van der Waals surface area contributed by atoms with Crippen LogP contribution in [0.3, 0.4) is 0 Å². The Hall–Kier alpha value is -3.11. The number of ether oxygens (including phenoxy) is 1. The molecule has 2 aliphatic heterocycles. The number of pyridine rings is 1. The molecule has 12 heteroatoms. The fourth-order valence-corrected chi connectivity index (χ4v) is 9.04. The highest BCUT2D eigenvalue weighted by Gasteiger charge is 2.47. The van der Waals surface area contributed by atoms with Gasteiger partial charge in [0.05, 0.1) is 35.5 Å². The first kappa shape index (κ1) is 24.6. The zero-order valence-corrected chi connectivity index (χ0v) is 21.7. The molecule has 0 radical (unpaired) electrons. The molecule has 2 aliphatic rings. The van der Waals surface area contributed by atoms with Crippen LogP contribution in [-0.4, -0.2) is 63.9 Å². The lowest BCUT2D eigenvalue weighted by Crippen LogP contribution is -2.60. The van der Waals surface area contributed by atoms with Crippen molar-refractivity contribution < 1.29 is 21.6 Å². The molecule has 3 aromatic rings. The van der Waals surface area contributed by atoms with Crippen molar-refractivity contribution in [3.63, 3.8) is 0 Å². The van der Waals surface area contributed by atoms with Gasteiger partial charge in [0.2, 0.25) is 20.0 Å². The molecule has 0 bridgehead atoms. The number of aromatic nitrogens is 1. The number of nitriles is 1. The lowest BCUT2D eigenvalue weighted by molar-refractivity contribution is 0.309. The summed E-state index contributed by atoms with van der Waals surface area (Å²) in [6, 6.07) is 15.2. The summed E-state index contributed by atoms with van der Waals surface area (Å²) in [4.78, 5) is 5.18. The number of hydrogen-bond acceptors (Lipinski definition) is 8. The van der Waals surface area contributed by atoms with Gasteiger partial charge < -0.3 is 4.74 Å². The van der Waals surface area contributed by atoms with Gasteiger partial charge in [0.15, 0.2) is 0 Å². The summed E-state index contributed by atoms with van der Waals surface area (Å²) in [6.45, 7) is 0.0526. The van der Waals surface area contributed by atoms with Gasteiger partial charge in [0.25, 0.3) is 0 Å². The second-order valence-electron chi connectivity index (χ2n) is 8.31. The molecule has 0 aliphatic carbocycles. The van der Waals surface area contributed by atoms with E-state index in [1.165, 1.54) is 34.0 Å². The van der Waals surface area contributed by atoms with Crippen LogP contribution in [0.2, 0.25) is 0 Å². The van der Waals surface area contributed by atoms with E-state index in [2.05, 4.69) is 11.1 Å². The lowest BCUT2D eigenvalue weighted by atomic mass is 10.1. The predicted octanol–water partition coefficient (Wildman–Crippen LogP) is 2.94. The molecule has 1 aromatic heterocycles. The van der Waals surface area contributed by atoms with E-state index in [1.807, 2.05) is 12.1 Å². The smallest absolute Gasteiger partial charge is 0.243 e. The second kappa shape index (κ2) is 9.40. The highest BCUT2D eigenvalue weighted by Crippen LogP contribution is 2.43. The van der Waals surface area contributed by atoms with Gasteiger partial charge in [0.1, 0.15) is 11.0 Å². The summed E-state index contributed by atoms with van der Waals surface area (Å²) >= 11 is 1.55. The maximum atomic E-state index is 13.6. The normalized spacial score (nSPS) is 16.6. The summed E-state index contributed by atoms with van der Waals surface area (Å²) in [5, 5.41) is 8.22. The van der Waals surface area contributed by atoms with E-state index in [0.717, 1.165) is 16.0 Å². The van der Waals surface area contributed by atoms with Crippen molar-refractivity contribution >= 4 is 37.5 Å². The molecule has 0 N–H and O–H groups in total. The fraction of sp³-hybridized carbons (Fsp3) is 0.250. The SMILES string of the molecule is COc1ccc(S(=O)(=O)N2CC(S(=O)(=O)N3CCSc4c(-c5ccc(C#N)cc5)cncc43)C2)cc1. The maximum absolute atomic E-state index is 13.6. The summed E-state index contributed by atoms with van der Waals surface area (Å²) in [6.07, 6.45) is 3.23. The topological polar surface area (TPSA) is 121 Å². The number of methoxy groups -OCH3 is 1. The van der Waals surface area contributed by atoms with Crippen molar-refractivity contribution in [3.8, 4) is 22.9 Å². The Morgan fingerprint density at radius 1 is 1.03 bits per heavy atom. The van der Waals surface area contributed by atoms with Crippen molar-refractivity contribution in [2.45, 2.75) is 15.0 Å². The van der Waals surface area contributed by atoms with E-state index in [0.29, 0.717) is 22.8 Å². The minimum Gasteiger partial charge on any atom is -0.497 e. The van der Waals surface area contributed by atoms with Crippen molar-refractivity contribution in [2.75, 3.05) is 36.8 Å². The molecule has 0 atom stereocenters. The monoisotopic (exact) mass is 542 g/mol. The number of fused-ring (bicyclic) bond motifs is 1. The van der Waals surface area contributed by atoms with Crippen LogP contribution in [0.15, 0.2) is 70.7 Å². The number of sulfonamides is 2. The van der Waals surface area contributed by atoms with Gasteiger partial charge in [-0.05, 0) is 42.0 Å². The molecule has 36 heavy (non-hydrogen) atoms. The summed E-state index contributed by atoms with van der Waals surface area (Å²) in [5.74, 6) is 1.09. The third-order valence-corrected chi connectivity index (χ3v) is 11.3. The molecule has 5 rings (SSSR count). The van der Waals surface area contributed by atoms with Gasteiger partial charge >= 0.3 is 0 Å². The van der Waals surface area contributed by atoms with Crippen LogP contribution in [-0.2, 0) is 20.0 Å². The first-order chi connectivity index (χ1) is 17.3. The van der Waals surface area contributed by atoms with Crippen LogP contribution in [0.4, 0.5) is 5.69 Å². The molecule has 0 amide bonds. The van der Waals surface area contributed by atoms with Crippen LogP contribution in [0, 0.1) is 11.3 Å². The highest BCUT2D eigenvalue weighted by molar-refractivity contribution is 8.00. The number of anilines is 1. The zero-order valence-electron chi connectivity index (χ0n) is 19.2. The minimum absolute atomic E-state index is 0.0927. The van der Waals surface area contributed by atoms with Gasteiger partial charge in [-0.15, -0.1) is 11.8 Å². The Balaban J connectivity index is 1.38. The van der Waals surface area contributed by atoms with Gasteiger partial charge in [-0.25, -0.2) is 16.8 Å². The summed E-state index contributed by atoms with van der Waals surface area (Å²) < 4.78 is 60.7. The average Bonchev–Trinajstić information content (AvgIpc) is 2.86. The first-order valence-corrected chi connectivity index (χ1v) is 15.0. The second-order valence-corrected chi connectivity index (χ2v) is 13.5. The molecule has 9 nitrogen and oxygen atoms in total. The Morgan fingerprint density at radius 3 is 2.36 bits per heavy atom. The maximum Gasteiger partial charge on any atom is 0.243 e. The van der Waals surface area contributed by atoms with Crippen LogP contribution < -0.4 is 9.04 Å². The van der Waals surface area contributed by atoms with Crippen molar-refractivity contribution in [2.24, 2.45) is 0 Å². The zero-order chi connectivity index (χ0) is 25.5. The predicted molar refractivity (Wildman–Crippen MR) is 137 cm³/mol. The molecule has 186 valence electrons. The first-order valence-electron chi connectivity index (χ1n) is 11.0. The van der Waals surface area contributed by atoms with E-state index in [9.17, 15) is 16.8 Å². The van der Waals surface area contributed by atoms with Crippen LogP contribution in [0.1, 0.15) is 5.56 Å². The molecular weight excluding hydrogens is 520 g/mol. The Labute approximate surface area is 214 Å². The Kier molecular flexibility index (Phi) is 6.42. The van der Waals surface area contributed by atoms with E-state index in [4.69, 9.17) is 10.00 Å². The third kappa shape index (κ3) is 4.22. The van der Waals surface area contributed by atoms with Gasteiger partial charge in [-0.1, -0.05) is 12.1 Å².